The lowest BCUT2D eigenvalue weighted by Crippen LogP contribution is -2.23. The molecule has 0 saturated heterocycles. The minimum absolute atomic E-state index is 0.0104. The second-order valence-electron chi connectivity index (χ2n) is 5.32. The van der Waals surface area contributed by atoms with E-state index in [1.54, 1.807) is 54.8 Å². The molecule has 2 aromatic heterocycles. The van der Waals surface area contributed by atoms with E-state index in [0.29, 0.717) is 17.1 Å². The van der Waals surface area contributed by atoms with Gasteiger partial charge in [0.15, 0.2) is 17.3 Å². The summed E-state index contributed by atoms with van der Waals surface area (Å²) in [6.07, 6.45) is 1.55. The van der Waals surface area contributed by atoms with Crippen molar-refractivity contribution in [3.63, 3.8) is 0 Å². The number of amides is 1. The maximum atomic E-state index is 12.0. The fraction of sp³-hybridized carbons (Fsp3) is 0.111. The molecule has 7 nitrogen and oxygen atoms in total. The lowest BCUT2D eigenvalue weighted by molar-refractivity contribution is 0.0941. The zero-order valence-corrected chi connectivity index (χ0v) is 13.5. The molecule has 0 aliphatic heterocycles. The SMILES string of the molecule is CC(=O)c1ccc(Nc2ccc(C(=O)NCc3ccco3)nn2)cc1. The minimum atomic E-state index is -0.332. The van der Waals surface area contributed by atoms with Crippen molar-refractivity contribution in [1.29, 1.82) is 0 Å². The van der Waals surface area contributed by atoms with Crippen LogP contribution in [-0.4, -0.2) is 21.9 Å². The Balaban J connectivity index is 1.59. The highest BCUT2D eigenvalue weighted by atomic mass is 16.3. The summed E-state index contributed by atoms with van der Waals surface area (Å²) in [5.41, 5.74) is 1.62. The lowest BCUT2D eigenvalue weighted by atomic mass is 10.1. The number of hydrogen-bond acceptors (Lipinski definition) is 6. The molecule has 25 heavy (non-hydrogen) atoms. The summed E-state index contributed by atoms with van der Waals surface area (Å²) in [6, 6.07) is 13.8. The number of aromatic nitrogens is 2. The Bertz CT molecular complexity index is 856. The largest absolute Gasteiger partial charge is 0.467 e. The van der Waals surface area contributed by atoms with Gasteiger partial charge in [-0.1, -0.05) is 0 Å². The van der Waals surface area contributed by atoms with Gasteiger partial charge in [-0.05, 0) is 55.5 Å². The van der Waals surface area contributed by atoms with E-state index in [0.717, 1.165) is 5.69 Å². The Labute approximate surface area is 144 Å². The molecule has 126 valence electrons. The predicted octanol–water partition coefficient (Wildman–Crippen LogP) is 2.95. The van der Waals surface area contributed by atoms with Gasteiger partial charge in [-0.25, -0.2) is 0 Å². The van der Waals surface area contributed by atoms with Crippen LogP contribution in [0.25, 0.3) is 0 Å². The van der Waals surface area contributed by atoms with Crippen LogP contribution in [0.5, 0.6) is 0 Å². The van der Waals surface area contributed by atoms with Gasteiger partial charge in [0.1, 0.15) is 5.76 Å². The first-order chi connectivity index (χ1) is 12.1. The van der Waals surface area contributed by atoms with Crippen LogP contribution < -0.4 is 10.6 Å². The van der Waals surface area contributed by atoms with Crippen LogP contribution in [0.15, 0.2) is 59.2 Å². The highest BCUT2D eigenvalue weighted by Gasteiger charge is 2.09. The summed E-state index contributed by atoms with van der Waals surface area (Å²) in [5.74, 6) is 0.837. The van der Waals surface area contributed by atoms with Gasteiger partial charge < -0.3 is 15.1 Å². The molecule has 1 aromatic carbocycles. The molecule has 0 atom stereocenters. The van der Waals surface area contributed by atoms with E-state index in [9.17, 15) is 9.59 Å². The molecule has 0 aliphatic rings. The maximum Gasteiger partial charge on any atom is 0.272 e. The number of anilines is 2. The average Bonchev–Trinajstić information content (AvgIpc) is 3.14. The predicted molar refractivity (Wildman–Crippen MR) is 91.6 cm³/mol. The van der Waals surface area contributed by atoms with Crippen molar-refractivity contribution in [1.82, 2.24) is 15.5 Å². The molecule has 1 amide bonds. The Morgan fingerprint density at radius 3 is 2.44 bits per heavy atom. The average molecular weight is 336 g/mol. The first-order valence-electron chi connectivity index (χ1n) is 7.64. The van der Waals surface area contributed by atoms with Gasteiger partial charge in [-0.3, -0.25) is 9.59 Å². The summed E-state index contributed by atoms with van der Waals surface area (Å²) in [5, 5.41) is 13.7. The Hall–Kier alpha value is -3.48. The molecule has 0 saturated carbocycles. The molecule has 0 unspecified atom stereocenters. The van der Waals surface area contributed by atoms with Crippen molar-refractivity contribution >= 4 is 23.2 Å². The molecule has 3 rings (SSSR count). The van der Waals surface area contributed by atoms with Crippen molar-refractivity contribution < 1.29 is 14.0 Å². The van der Waals surface area contributed by atoms with Gasteiger partial charge in [0.2, 0.25) is 0 Å². The smallest absolute Gasteiger partial charge is 0.272 e. The normalized spacial score (nSPS) is 10.3. The monoisotopic (exact) mass is 336 g/mol. The number of rotatable bonds is 6. The number of benzene rings is 1. The van der Waals surface area contributed by atoms with E-state index in [1.165, 1.54) is 6.92 Å². The number of nitrogens with zero attached hydrogens (tertiary/aromatic N) is 2. The molecule has 0 fully saturated rings. The Morgan fingerprint density at radius 2 is 1.84 bits per heavy atom. The Morgan fingerprint density at radius 1 is 1.04 bits per heavy atom. The van der Waals surface area contributed by atoms with Crippen molar-refractivity contribution in [3.8, 4) is 0 Å². The molecule has 7 heteroatoms. The van der Waals surface area contributed by atoms with Crippen LogP contribution in [0.3, 0.4) is 0 Å². The summed E-state index contributed by atoms with van der Waals surface area (Å²) >= 11 is 0. The summed E-state index contributed by atoms with van der Waals surface area (Å²) in [7, 11) is 0. The fourth-order valence-corrected chi connectivity index (χ4v) is 2.13. The van der Waals surface area contributed by atoms with Crippen LogP contribution in [0.1, 0.15) is 33.5 Å². The molecule has 2 heterocycles. The van der Waals surface area contributed by atoms with Gasteiger partial charge in [-0.15, -0.1) is 10.2 Å². The molecule has 3 aromatic rings. The van der Waals surface area contributed by atoms with Crippen LogP contribution >= 0.6 is 0 Å². The van der Waals surface area contributed by atoms with Gasteiger partial charge in [0, 0.05) is 11.3 Å². The molecule has 0 radical (unpaired) electrons. The van der Waals surface area contributed by atoms with Crippen molar-refractivity contribution in [2.24, 2.45) is 0 Å². The van der Waals surface area contributed by atoms with Crippen molar-refractivity contribution in [2.75, 3.05) is 5.32 Å². The number of hydrogen-bond donors (Lipinski definition) is 2. The third kappa shape index (κ3) is 4.29. The first-order valence-corrected chi connectivity index (χ1v) is 7.64. The number of Topliss-reactive ketones (excluding diaryl/α,β-unsaturated/α-hetero) is 1. The standard InChI is InChI=1S/C18H16N4O3/c1-12(23)13-4-6-14(7-5-13)20-17-9-8-16(21-22-17)18(24)19-11-15-3-2-10-25-15/h2-10H,11H2,1H3,(H,19,24)(H,20,22). The number of carbonyl (C=O) groups is 2. The van der Waals surface area contributed by atoms with Gasteiger partial charge in [0.05, 0.1) is 12.8 Å². The second-order valence-corrected chi connectivity index (χ2v) is 5.32. The van der Waals surface area contributed by atoms with E-state index in [-0.39, 0.29) is 23.9 Å². The summed E-state index contributed by atoms with van der Waals surface area (Å²) in [4.78, 5) is 23.3. The third-order valence-corrected chi connectivity index (χ3v) is 3.46. The van der Waals surface area contributed by atoms with Crippen LogP contribution in [0.4, 0.5) is 11.5 Å². The van der Waals surface area contributed by atoms with Crippen molar-refractivity contribution in [3.05, 3.63) is 71.8 Å². The third-order valence-electron chi connectivity index (χ3n) is 3.46. The fourth-order valence-electron chi connectivity index (χ4n) is 2.13. The number of carbonyl (C=O) groups excluding carboxylic acids is 2. The molecular formula is C18H16N4O3. The zero-order valence-electron chi connectivity index (χ0n) is 13.5. The summed E-state index contributed by atoms with van der Waals surface area (Å²) in [6.45, 7) is 1.81. The Kier molecular flexibility index (Phi) is 4.84. The van der Waals surface area contributed by atoms with Crippen LogP contribution in [0, 0.1) is 0 Å². The van der Waals surface area contributed by atoms with Crippen LogP contribution in [-0.2, 0) is 6.54 Å². The lowest BCUT2D eigenvalue weighted by Gasteiger charge is -2.06. The van der Waals surface area contributed by atoms with Crippen LogP contribution in [0.2, 0.25) is 0 Å². The van der Waals surface area contributed by atoms with E-state index in [2.05, 4.69) is 20.8 Å². The van der Waals surface area contributed by atoms with Gasteiger partial charge >= 0.3 is 0 Å². The highest BCUT2D eigenvalue weighted by Crippen LogP contribution is 2.15. The summed E-state index contributed by atoms with van der Waals surface area (Å²) < 4.78 is 5.15. The quantitative estimate of drug-likeness (QED) is 0.672. The van der Waals surface area contributed by atoms with Gasteiger partial charge in [-0.2, -0.15) is 0 Å². The molecule has 2 N–H and O–H groups in total. The number of ketones is 1. The molecular weight excluding hydrogens is 320 g/mol. The molecule has 0 spiro atoms. The van der Waals surface area contributed by atoms with Crippen molar-refractivity contribution in [2.45, 2.75) is 13.5 Å². The molecule has 0 bridgehead atoms. The number of furan rings is 1. The highest BCUT2D eigenvalue weighted by molar-refractivity contribution is 5.94. The van der Waals surface area contributed by atoms with E-state index in [4.69, 9.17) is 4.42 Å². The van der Waals surface area contributed by atoms with E-state index in [1.807, 2.05) is 0 Å². The zero-order chi connectivity index (χ0) is 17.6. The van der Waals surface area contributed by atoms with E-state index < -0.39 is 0 Å². The topological polar surface area (TPSA) is 97.1 Å². The molecule has 0 aliphatic carbocycles. The second kappa shape index (κ2) is 7.39. The van der Waals surface area contributed by atoms with Gasteiger partial charge in [0.25, 0.3) is 5.91 Å². The maximum absolute atomic E-state index is 12.0. The number of nitrogens with one attached hydrogen (secondary N) is 2. The van der Waals surface area contributed by atoms with E-state index >= 15 is 0 Å². The first kappa shape index (κ1) is 16.4. The minimum Gasteiger partial charge on any atom is -0.467 e.